The number of rotatable bonds is 9. The number of aromatic nitrogens is 3. The minimum absolute atomic E-state index is 0.0648. The van der Waals surface area contributed by atoms with Crippen molar-refractivity contribution in [2.75, 3.05) is 11.1 Å². The number of benzene rings is 1. The van der Waals surface area contributed by atoms with E-state index < -0.39 is 4.92 Å². The van der Waals surface area contributed by atoms with Crippen molar-refractivity contribution in [2.45, 2.75) is 38.4 Å². The molecular weight excluding hydrogens is 410 g/mol. The second-order valence-electron chi connectivity index (χ2n) is 6.26. The lowest BCUT2D eigenvalue weighted by molar-refractivity contribution is -0.384. The summed E-state index contributed by atoms with van der Waals surface area (Å²) in [6.45, 7) is 4.96. The van der Waals surface area contributed by atoms with Gasteiger partial charge < -0.3 is 9.88 Å². The predicted octanol–water partition coefficient (Wildman–Crippen LogP) is 4.62. The van der Waals surface area contributed by atoms with Crippen LogP contribution in [-0.4, -0.2) is 31.3 Å². The lowest BCUT2D eigenvalue weighted by Gasteiger charge is -2.08. The zero-order chi connectivity index (χ0) is 20.8. The maximum atomic E-state index is 12.3. The molecule has 0 saturated heterocycles. The number of hydrogen-bond donors (Lipinski definition) is 1. The Kier molecular flexibility index (Phi) is 6.99. The molecule has 0 saturated carbocycles. The fraction of sp³-hybridized carbons (Fsp3) is 0.316. The number of nitrogens with zero attached hydrogens (tertiary/aromatic N) is 4. The van der Waals surface area contributed by atoms with Crippen molar-refractivity contribution in [2.24, 2.45) is 0 Å². The van der Waals surface area contributed by atoms with E-state index in [1.54, 1.807) is 17.4 Å². The van der Waals surface area contributed by atoms with Gasteiger partial charge in [0.2, 0.25) is 5.91 Å². The number of nitro benzene ring substituents is 1. The average molecular weight is 432 g/mol. The minimum atomic E-state index is -0.493. The van der Waals surface area contributed by atoms with Gasteiger partial charge in [-0.05, 0) is 25.0 Å². The summed E-state index contributed by atoms with van der Waals surface area (Å²) in [7, 11) is 0. The van der Waals surface area contributed by atoms with Gasteiger partial charge in [-0.1, -0.05) is 31.7 Å². The van der Waals surface area contributed by atoms with Crippen LogP contribution in [0.2, 0.25) is 0 Å². The van der Waals surface area contributed by atoms with Crippen molar-refractivity contribution < 1.29 is 9.72 Å². The fourth-order valence-electron chi connectivity index (χ4n) is 2.74. The van der Waals surface area contributed by atoms with Crippen LogP contribution in [-0.2, 0) is 17.8 Å². The quantitative estimate of drug-likeness (QED) is 0.301. The number of non-ortho nitro benzene ring substituents is 1. The van der Waals surface area contributed by atoms with Gasteiger partial charge in [-0.3, -0.25) is 14.9 Å². The van der Waals surface area contributed by atoms with Crippen LogP contribution in [0.1, 0.15) is 25.1 Å². The Labute approximate surface area is 176 Å². The largest absolute Gasteiger partial charge is 0.325 e. The molecule has 2 aromatic heterocycles. The van der Waals surface area contributed by atoms with Crippen molar-refractivity contribution in [3.05, 3.63) is 50.7 Å². The lowest BCUT2D eigenvalue weighted by Crippen LogP contribution is -2.14. The summed E-state index contributed by atoms with van der Waals surface area (Å²) in [6.07, 6.45) is 1.90. The van der Waals surface area contributed by atoms with Crippen LogP contribution in [0.3, 0.4) is 0 Å². The smallest absolute Gasteiger partial charge is 0.271 e. The van der Waals surface area contributed by atoms with Crippen LogP contribution >= 0.6 is 23.1 Å². The van der Waals surface area contributed by atoms with E-state index in [0.717, 1.165) is 30.8 Å². The van der Waals surface area contributed by atoms with Crippen molar-refractivity contribution in [1.29, 1.82) is 0 Å². The maximum Gasteiger partial charge on any atom is 0.271 e. The molecule has 10 heteroatoms. The summed E-state index contributed by atoms with van der Waals surface area (Å²) < 4.78 is 2.03. The van der Waals surface area contributed by atoms with Gasteiger partial charge in [0.25, 0.3) is 5.69 Å². The number of carbonyl (C=O) groups excluding carboxylic acids is 1. The number of carbonyl (C=O) groups is 1. The normalized spacial score (nSPS) is 10.8. The second-order valence-corrected chi connectivity index (χ2v) is 8.20. The Bertz CT molecular complexity index is 1010. The molecule has 1 amide bonds. The number of aryl methyl sites for hydroxylation is 1. The molecule has 0 radical (unpaired) electrons. The summed E-state index contributed by atoms with van der Waals surface area (Å²) in [4.78, 5) is 24.0. The molecule has 0 aliphatic carbocycles. The fourth-order valence-corrected chi connectivity index (χ4v) is 4.32. The number of hydrogen-bond acceptors (Lipinski definition) is 7. The van der Waals surface area contributed by atoms with E-state index in [1.165, 1.54) is 34.8 Å². The van der Waals surface area contributed by atoms with E-state index in [0.29, 0.717) is 10.8 Å². The van der Waals surface area contributed by atoms with Gasteiger partial charge in [-0.2, -0.15) is 0 Å². The molecule has 2 heterocycles. The van der Waals surface area contributed by atoms with Gasteiger partial charge in [-0.25, -0.2) is 0 Å². The molecule has 29 heavy (non-hydrogen) atoms. The van der Waals surface area contributed by atoms with E-state index in [2.05, 4.69) is 40.8 Å². The average Bonchev–Trinajstić information content (AvgIpc) is 3.33. The summed E-state index contributed by atoms with van der Waals surface area (Å²) >= 11 is 3.00. The first-order valence-corrected chi connectivity index (χ1v) is 11.1. The summed E-state index contributed by atoms with van der Waals surface area (Å²) in [5, 5.41) is 24.9. The number of nitrogens with one attached hydrogen (secondary N) is 1. The summed E-state index contributed by atoms with van der Waals surface area (Å²) in [6, 6.07) is 8.01. The third-order valence-corrected chi connectivity index (χ3v) is 6.15. The van der Waals surface area contributed by atoms with E-state index in [1.807, 2.05) is 4.57 Å². The lowest BCUT2D eigenvalue weighted by atomic mass is 10.2. The summed E-state index contributed by atoms with van der Waals surface area (Å²) in [5.41, 5.74) is 1.37. The Morgan fingerprint density at radius 2 is 2.14 bits per heavy atom. The maximum absolute atomic E-state index is 12.3. The molecule has 3 aromatic rings. The summed E-state index contributed by atoms with van der Waals surface area (Å²) in [5.74, 6) is 0.685. The number of thiophene rings is 1. The molecule has 152 valence electrons. The van der Waals surface area contributed by atoms with Crippen LogP contribution in [0.25, 0.3) is 11.4 Å². The molecule has 8 nitrogen and oxygen atoms in total. The molecule has 0 spiro atoms. The second kappa shape index (κ2) is 9.66. The Morgan fingerprint density at radius 1 is 1.31 bits per heavy atom. The zero-order valence-electron chi connectivity index (χ0n) is 16.1. The van der Waals surface area contributed by atoms with Gasteiger partial charge in [-0.15, -0.1) is 21.5 Å². The highest BCUT2D eigenvalue weighted by Gasteiger charge is 2.16. The van der Waals surface area contributed by atoms with Gasteiger partial charge >= 0.3 is 0 Å². The minimum Gasteiger partial charge on any atom is -0.325 e. The first kappa shape index (κ1) is 21.0. The highest BCUT2D eigenvalue weighted by atomic mass is 32.2. The molecule has 0 bridgehead atoms. The highest BCUT2D eigenvalue weighted by molar-refractivity contribution is 7.99. The van der Waals surface area contributed by atoms with Crippen molar-refractivity contribution in [3.63, 3.8) is 0 Å². The number of nitro groups is 1. The van der Waals surface area contributed by atoms with Crippen LogP contribution < -0.4 is 5.32 Å². The van der Waals surface area contributed by atoms with Crippen molar-refractivity contribution in [3.8, 4) is 11.4 Å². The third-order valence-electron chi connectivity index (χ3n) is 4.10. The monoisotopic (exact) mass is 431 g/mol. The predicted molar refractivity (Wildman–Crippen MR) is 115 cm³/mol. The van der Waals surface area contributed by atoms with E-state index in [-0.39, 0.29) is 17.3 Å². The first-order chi connectivity index (χ1) is 14.0. The topological polar surface area (TPSA) is 103 Å². The Hall–Kier alpha value is -2.72. The molecule has 0 aliphatic rings. The van der Waals surface area contributed by atoms with Gasteiger partial charge in [0.15, 0.2) is 11.0 Å². The Balaban J connectivity index is 1.69. The number of amides is 1. The highest BCUT2D eigenvalue weighted by Crippen LogP contribution is 2.28. The standard InChI is InChI=1S/C19H21N5O3S2/c1-3-8-23-18(13-9-16(4-2)28-11-13)21-22-19(23)29-12-17(25)20-14-6-5-7-15(10-14)24(26)27/h5-7,9-11H,3-4,8,12H2,1-2H3,(H,20,25). The van der Waals surface area contributed by atoms with Crippen LogP contribution in [0.15, 0.2) is 40.9 Å². The van der Waals surface area contributed by atoms with Crippen LogP contribution in [0.5, 0.6) is 0 Å². The molecule has 0 fully saturated rings. The van der Waals surface area contributed by atoms with Gasteiger partial charge in [0.05, 0.1) is 10.7 Å². The molecule has 1 aromatic carbocycles. The molecule has 0 unspecified atom stereocenters. The first-order valence-electron chi connectivity index (χ1n) is 9.19. The van der Waals surface area contributed by atoms with Crippen molar-refractivity contribution >= 4 is 40.4 Å². The zero-order valence-corrected chi connectivity index (χ0v) is 17.8. The molecule has 3 rings (SSSR count). The van der Waals surface area contributed by atoms with E-state index >= 15 is 0 Å². The van der Waals surface area contributed by atoms with E-state index in [4.69, 9.17) is 0 Å². The van der Waals surface area contributed by atoms with Crippen molar-refractivity contribution in [1.82, 2.24) is 14.8 Å². The van der Waals surface area contributed by atoms with Crippen LogP contribution in [0.4, 0.5) is 11.4 Å². The van der Waals surface area contributed by atoms with Gasteiger partial charge in [0.1, 0.15) is 0 Å². The van der Waals surface area contributed by atoms with Gasteiger partial charge in [0, 0.05) is 40.2 Å². The molecule has 1 N–H and O–H groups in total. The molecule has 0 atom stereocenters. The van der Waals surface area contributed by atoms with E-state index in [9.17, 15) is 14.9 Å². The number of thioether (sulfide) groups is 1. The third kappa shape index (κ3) is 5.21. The molecular formula is C19H21N5O3S2. The number of anilines is 1. The SMILES string of the molecule is CCCn1c(SCC(=O)Nc2cccc([N+](=O)[O-])c2)nnc1-c1csc(CC)c1. The Morgan fingerprint density at radius 3 is 2.83 bits per heavy atom. The molecule has 0 aliphatic heterocycles. The van der Waals surface area contributed by atoms with Crippen LogP contribution in [0, 0.1) is 10.1 Å².